The molecule has 0 saturated carbocycles. The third kappa shape index (κ3) is 2.50. The first-order valence-electron chi connectivity index (χ1n) is 4.97. The number of rotatable bonds is 2. The van der Waals surface area contributed by atoms with Crippen LogP contribution in [-0.4, -0.2) is 18.1 Å². The first kappa shape index (κ1) is 11.6. The van der Waals surface area contributed by atoms with E-state index < -0.39 is 0 Å². The van der Waals surface area contributed by atoms with Crippen molar-refractivity contribution in [1.82, 2.24) is 10.3 Å². The molecule has 0 spiro atoms. The number of nitrogens with two attached hydrogens (primary N) is 1. The lowest BCUT2D eigenvalue weighted by Crippen LogP contribution is -2.33. The van der Waals surface area contributed by atoms with Crippen molar-refractivity contribution < 1.29 is 0 Å². The van der Waals surface area contributed by atoms with E-state index in [0.29, 0.717) is 5.92 Å². The average Bonchev–Trinajstić information content (AvgIpc) is 2.71. The van der Waals surface area contributed by atoms with Crippen LogP contribution in [0, 0.1) is 5.92 Å². The molecule has 14 heavy (non-hydrogen) atoms. The van der Waals surface area contributed by atoms with Gasteiger partial charge in [-0.15, -0.1) is 12.4 Å². The van der Waals surface area contributed by atoms with Gasteiger partial charge >= 0.3 is 0 Å². The number of halogens is 1. The summed E-state index contributed by atoms with van der Waals surface area (Å²) in [6, 6.07) is 4.28. The average molecular weight is 216 g/mol. The third-order valence-corrected chi connectivity index (χ3v) is 2.87. The summed E-state index contributed by atoms with van der Waals surface area (Å²) in [7, 11) is 0. The van der Waals surface area contributed by atoms with Gasteiger partial charge in [0.05, 0.1) is 0 Å². The fraction of sp³-hybridized carbons (Fsp3) is 0.600. The Morgan fingerprint density at radius 3 is 2.64 bits per heavy atom. The van der Waals surface area contributed by atoms with E-state index in [2.05, 4.69) is 16.4 Å². The van der Waals surface area contributed by atoms with Crippen molar-refractivity contribution in [1.29, 1.82) is 0 Å². The molecule has 0 radical (unpaired) electrons. The molecule has 2 heterocycles. The Morgan fingerprint density at radius 2 is 2.07 bits per heavy atom. The van der Waals surface area contributed by atoms with Gasteiger partial charge in [-0.25, -0.2) is 0 Å². The van der Waals surface area contributed by atoms with Crippen LogP contribution in [0.1, 0.15) is 24.6 Å². The Kier molecular flexibility index (Phi) is 4.45. The van der Waals surface area contributed by atoms with Crippen LogP contribution in [-0.2, 0) is 0 Å². The van der Waals surface area contributed by atoms with Crippen molar-refractivity contribution in [2.45, 2.75) is 18.9 Å². The van der Waals surface area contributed by atoms with Crippen LogP contribution >= 0.6 is 12.4 Å². The maximum atomic E-state index is 6.16. The summed E-state index contributed by atoms with van der Waals surface area (Å²) in [4.78, 5) is 3.19. The predicted octanol–water partition coefficient (Wildman–Crippen LogP) is 1.44. The molecule has 0 aliphatic carbocycles. The first-order valence-corrected chi connectivity index (χ1v) is 4.97. The SMILES string of the molecule is Cl.N[C@@H](c1ccc[nH]1)C1CCNCC1. The van der Waals surface area contributed by atoms with Crippen LogP contribution in [0.3, 0.4) is 0 Å². The first-order chi connectivity index (χ1) is 6.38. The molecule has 0 unspecified atom stereocenters. The van der Waals surface area contributed by atoms with Crippen molar-refractivity contribution in [2.24, 2.45) is 11.7 Å². The van der Waals surface area contributed by atoms with Crippen LogP contribution < -0.4 is 11.1 Å². The lowest BCUT2D eigenvalue weighted by Gasteiger charge is -2.27. The lowest BCUT2D eigenvalue weighted by molar-refractivity contribution is 0.319. The Balaban J connectivity index is 0.000000980. The van der Waals surface area contributed by atoms with E-state index in [1.807, 2.05) is 12.3 Å². The number of aromatic nitrogens is 1. The molecule has 1 fully saturated rings. The molecule has 2 rings (SSSR count). The number of nitrogens with one attached hydrogen (secondary N) is 2. The van der Waals surface area contributed by atoms with Crippen molar-refractivity contribution in [3.8, 4) is 0 Å². The van der Waals surface area contributed by atoms with Crippen molar-refractivity contribution >= 4 is 12.4 Å². The van der Waals surface area contributed by atoms with Gasteiger partial charge in [-0.3, -0.25) is 0 Å². The van der Waals surface area contributed by atoms with Gasteiger partial charge < -0.3 is 16.0 Å². The summed E-state index contributed by atoms with van der Waals surface area (Å²) in [5.41, 5.74) is 7.33. The molecule has 1 atom stereocenters. The summed E-state index contributed by atoms with van der Waals surface area (Å²) in [5.74, 6) is 0.639. The molecule has 4 N–H and O–H groups in total. The van der Waals surface area contributed by atoms with Gasteiger partial charge in [0, 0.05) is 17.9 Å². The van der Waals surface area contributed by atoms with Gasteiger partial charge in [0.15, 0.2) is 0 Å². The summed E-state index contributed by atoms with van der Waals surface area (Å²) in [6.45, 7) is 2.22. The van der Waals surface area contributed by atoms with E-state index in [-0.39, 0.29) is 18.4 Å². The zero-order valence-corrected chi connectivity index (χ0v) is 9.02. The van der Waals surface area contributed by atoms with Crippen molar-refractivity contribution in [3.63, 3.8) is 0 Å². The van der Waals surface area contributed by atoms with Crippen LogP contribution in [0.4, 0.5) is 0 Å². The molecular weight excluding hydrogens is 198 g/mol. The van der Waals surface area contributed by atoms with Crippen molar-refractivity contribution in [2.75, 3.05) is 13.1 Å². The number of piperidine rings is 1. The second kappa shape index (κ2) is 5.39. The third-order valence-electron chi connectivity index (χ3n) is 2.87. The van der Waals surface area contributed by atoms with Gasteiger partial charge in [0.2, 0.25) is 0 Å². The molecule has 1 aromatic heterocycles. The summed E-state index contributed by atoms with van der Waals surface area (Å²) < 4.78 is 0. The predicted molar refractivity (Wildman–Crippen MR) is 60.6 cm³/mol. The number of hydrogen-bond acceptors (Lipinski definition) is 2. The summed E-state index contributed by atoms with van der Waals surface area (Å²) >= 11 is 0. The molecule has 3 nitrogen and oxygen atoms in total. The van der Waals surface area contributed by atoms with Gasteiger partial charge in [-0.2, -0.15) is 0 Å². The minimum atomic E-state index is 0. The molecule has 0 aromatic carbocycles. The smallest absolute Gasteiger partial charge is 0.0477 e. The topological polar surface area (TPSA) is 53.8 Å². The molecule has 1 aliphatic rings. The number of hydrogen-bond donors (Lipinski definition) is 3. The second-order valence-corrected chi connectivity index (χ2v) is 3.74. The molecular formula is C10H18ClN3. The molecule has 0 amide bonds. The van der Waals surface area contributed by atoms with E-state index >= 15 is 0 Å². The molecule has 80 valence electrons. The van der Waals surface area contributed by atoms with Gasteiger partial charge in [0.25, 0.3) is 0 Å². The number of H-pyrrole nitrogens is 1. The van der Waals surface area contributed by atoms with E-state index in [1.165, 1.54) is 18.5 Å². The Bertz CT molecular complexity index is 242. The maximum absolute atomic E-state index is 6.16. The van der Waals surface area contributed by atoms with Crippen LogP contribution in [0.2, 0.25) is 0 Å². The Morgan fingerprint density at radius 1 is 1.36 bits per heavy atom. The van der Waals surface area contributed by atoms with Gasteiger partial charge in [-0.1, -0.05) is 0 Å². The number of aromatic amines is 1. The molecule has 4 heteroatoms. The largest absolute Gasteiger partial charge is 0.364 e. The van der Waals surface area contributed by atoms with Crippen LogP contribution in [0.25, 0.3) is 0 Å². The highest BCUT2D eigenvalue weighted by Gasteiger charge is 2.21. The quantitative estimate of drug-likeness (QED) is 0.699. The van der Waals surface area contributed by atoms with E-state index in [9.17, 15) is 0 Å². The normalized spacial score (nSPS) is 20.1. The molecule has 1 aromatic rings. The monoisotopic (exact) mass is 215 g/mol. The minimum Gasteiger partial charge on any atom is -0.364 e. The fourth-order valence-corrected chi connectivity index (χ4v) is 2.01. The standard InChI is InChI=1S/C10H17N3.ClH/c11-10(9-2-1-5-13-9)8-3-6-12-7-4-8;/h1-2,5,8,10,12-13H,3-4,6-7,11H2;1H/t10-;/m1./s1. The molecule has 1 saturated heterocycles. The van der Waals surface area contributed by atoms with E-state index in [1.54, 1.807) is 0 Å². The van der Waals surface area contributed by atoms with Crippen molar-refractivity contribution in [3.05, 3.63) is 24.0 Å². The second-order valence-electron chi connectivity index (χ2n) is 3.74. The molecule has 0 bridgehead atoms. The highest BCUT2D eigenvalue weighted by molar-refractivity contribution is 5.85. The minimum absolute atomic E-state index is 0. The molecule has 1 aliphatic heterocycles. The Labute approximate surface area is 90.9 Å². The van der Waals surface area contributed by atoms with Crippen LogP contribution in [0.5, 0.6) is 0 Å². The fourth-order valence-electron chi connectivity index (χ4n) is 2.01. The van der Waals surface area contributed by atoms with Crippen LogP contribution in [0.15, 0.2) is 18.3 Å². The highest BCUT2D eigenvalue weighted by Crippen LogP contribution is 2.25. The van der Waals surface area contributed by atoms with Gasteiger partial charge in [0.1, 0.15) is 0 Å². The Hall–Kier alpha value is -0.510. The van der Waals surface area contributed by atoms with E-state index in [4.69, 9.17) is 5.73 Å². The van der Waals surface area contributed by atoms with E-state index in [0.717, 1.165) is 13.1 Å². The lowest BCUT2D eigenvalue weighted by atomic mass is 9.89. The zero-order chi connectivity index (χ0) is 9.10. The zero-order valence-electron chi connectivity index (χ0n) is 8.20. The summed E-state index contributed by atoms with van der Waals surface area (Å²) in [6.07, 6.45) is 4.33. The summed E-state index contributed by atoms with van der Waals surface area (Å²) in [5, 5.41) is 3.35. The maximum Gasteiger partial charge on any atom is 0.0477 e. The van der Waals surface area contributed by atoms with Gasteiger partial charge in [-0.05, 0) is 44.0 Å². The highest BCUT2D eigenvalue weighted by atomic mass is 35.5.